The fourth-order valence-corrected chi connectivity index (χ4v) is 3.16. The van der Waals surface area contributed by atoms with Crippen LogP contribution in [0.3, 0.4) is 0 Å². The highest BCUT2D eigenvalue weighted by molar-refractivity contribution is 5.29. The van der Waals surface area contributed by atoms with Crippen LogP contribution in [0.15, 0.2) is 30.5 Å². The number of rotatable bonds is 5. The van der Waals surface area contributed by atoms with Gasteiger partial charge in [-0.15, -0.1) is 0 Å². The fraction of sp³-hybridized carbons (Fsp3) is 0.471. The zero-order valence-corrected chi connectivity index (χ0v) is 13.5. The van der Waals surface area contributed by atoms with Gasteiger partial charge in [0.15, 0.2) is 0 Å². The SMILES string of the molecule is COC[C@@H]1CN(Cc2ccc(OC)cc2)Cc2nn(C)cc21. The molecule has 118 valence electrons. The van der Waals surface area contributed by atoms with E-state index < -0.39 is 0 Å². The number of ether oxygens (including phenoxy) is 2. The van der Waals surface area contributed by atoms with Gasteiger partial charge >= 0.3 is 0 Å². The molecule has 1 aliphatic rings. The third-order valence-corrected chi connectivity index (χ3v) is 4.16. The highest BCUT2D eigenvalue weighted by atomic mass is 16.5. The van der Waals surface area contributed by atoms with Crippen LogP contribution in [0.4, 0.5) is 0 Å². The molecule has 1 aliphatic heterocycles. The van der Waals surface area contributed by atoms with Gasteiger partial charge in [-0.05, 0) is 17.7 Å². The summed E-state index contributed by atoms with van der Waals surface area (Å²) in [6.07, 6.45) is 2.13. The number of benzene rings is 1. The summed E-state index contributed by atoms with van der Waals surface area (Å²) < 4.78 is 12.5. The highest BCUT2D eigenvalue weighted by Gasteiger charge is 2.27. The Hall–Kier alpha value is -1.85. The van der Waals surface area contributed by atoms with Crippen LogP contribution in [0.2, 0.25) is 0 Å². The van der Waals surface area contributed by atoms with E-state index in [0.29, 0.717) is 5.92 Å². The second-order valence-corrected chi connectivity index (χ2v) is 5.87. The van der Waals surface area contributed by atoms with Crippen molar-refractivity contribution in [2.24, 2.45) is 7.05 Å². The third kappa shape index (κ3) is 3.15. The predicted octanol–water partition coefficient (Wildman–Crippen LogP) is 2.17. The molecule has 3 rings (SSSR count). The van der Waals surface area contributed by atoms with Gasteiger partial charge in [-0.25, -0.2) is 0 Å². The molecular weight excluding hydrogens is 278 g/mol. The Morgan fingerprint density at radius 1 is 1.23 bits per heavy atom. The standard InChI is InChI=1S/C17H23N3O2/c1-19-10-16-14(12-21-2)9-20(11-17(16)18-19)8-13-4-6-15(22-3)7-5-13/h4-7,10,14H,8-9,11-12H2,1-3H3/t14-/m0/s1. The van der Waals surface area contributed by atoms with E-state index in [1.54, 1.807) is 14.2 Å². The molecule has 1 aromatic heterocycles. The lowest BCUT2D eigenvalue weighted by atomic mass is 9.95. The van der Waals surface area contributed by atoms with Crippen LogP contribution in [0.5, 0.6) is 5.75 Å². The topological polar surface area (TPSA) is 39.5 Å². The van der Waals surface area contributed by atoms with Crippen molar-refractivity contribution >= 4 is 0 Å². The van der Waals surface area contributed by atoms with E-state index >= 15 is 0 Å². The minimum Gasteiger partial charge on any atom is -0.497 e. The average Bonchev–Trinajstić information content (AvgIpc) is 2.89. The minimum atomic E-state index is 0.390. The second kappa shape index (κ2) is 6.50. The van der Waals surface area contributed by atoms with E-state index in [9.17, 15) is 0 Å². The summed E-state index contributed by atoms with van der Waals surface area (Å²) in [5, 5.41) is 4.60. The van der Waals surface area contributed by atoms with E-state index in [0.717, 1.165) is 32.0 Å². The van der Waals surface area contributed by atoms with Gasteiger partial charge in [-0.2, -0.15) is 5.10 Å². The molecule has 2 aromatic rings. The summed E-state index contributed by atoms with van der Waals surface area (Å²) in [4.78, 5) is 2.43. The summed E-state index contributed by atoms with van der Waals surface area (Å²) in [7, 11) is 5.44. The molecule has 0 bridgehead atoms. The van der Waals surface area contributed by atoms with Gasteiger partial charge in [-0.1, -0.05) is 12.1 Å². The van der Waals surface area contributed by atoms with E-state index in [1.165, 1.54) is 16.8 Å². The van der Waals surface area contributed by atoms with Crippen LogP contribution in [-0.2, 0) is 24.9 Å². The van der Waals surface area contributed by atoms with Crippen molar-refractivity contribution in [2.75, 3.05) is 27.4 Å². The summed E-state index contributed by atoms with van der Waals surface area (Å²) in [6, 6.07) is 8.27. The quantitative estimate of drug-likeness (QED) is 0.848. The van der Waals surface area contributed by atoms with Gasteiger partial charge in [-0.3, -0.25) is 9.58 Å². The molecule has 0 saturated heterocycles. The molecule has 22 heavy (non-hydrogen) atoms. The Bertz CT molecular complexity index is 621. The molecule has 0 radical (unpaired) electrons. The molecule has 1 aromatic carbocycles. The molecule has 0 saturated carbocycles. The Labute approximate surface area is 131 Å². The first-order valence-corrected chi connectivity index (χ1v) is 7.56. The number of fused-ring (bicyclic) bond motifs is 1. The molecule has 0 spiro atoms. The monoisotopic (exact) mass is 301 g/mol. The lowest BCUT2D eigenvalue weighted by Crippen LogP contribution is -2.34. The van der Waals surface area contributed by atoms with Crippen LogP contribution in [0, 0.1) is 0 Å². The van der Waals surface area contributed by atoms with Crippen molar-refractivity contribution in [1.29, 1.82) is 0 Å². The second-order valence-electron chi connectivity index (χ2n) is 5.87. The molecule has 0 unspecified atom stereocenters. The third-order valence-electron chi connectivity index (χ3n) is 4.16. The predicted molar refractivity (Wildman–Crippen MR) is 84.9 cm³/mol. The van der Waals surface area contributed by atoms with E-state index in [4.69, 9.17) is 9.47 Å². The molecule has 5 nitrogen and oxygen atoms in total. The first-order chi connectivity index (χ1) is 10.7. The van der Waals surface area contributed by atoms with Crippen molar-refractivity contribution in [2.45, 2.75) is 19.0 Å². The van der Waals surface area contributed by atoms with Gasteiger partial charge in [0.2, 0.25) is 0 Å². The maximum atomic E-state index is 5.40. The van der Waals surface area contributed by atoms with E-state index in [1.807, 2.05) is 23.9 Å². The average molecular weight is 301 g/mol. The van der Waals surface area contributed by atoms with Crippen LogP contribution in [0.25, 0.3) is 0 Å². The fourth-order valence-electron chi connectivity index (χ4n) is 3.16. The molecule has 0 fully saturated rings. The van der Waals surface area contributed by atoms with E-state index in [-0.39, 0.29) is 0 Å². The van der Waals surface area contributed by atoms with Crippen LogP contribution < -0.4 is 4.74 Å². The normalized spacial score (nSPS) is 18.2. The van der Waals surface area contributed by atoms with E-state index in [2.05, 4.69) is 28.3 Å². The molecule has 0 amide bonds. The largest absolute Gasteiger partial charge is 0.497 e. The number of hydrogen-bond donors (Lipinski definition) is 0. The zero-order valence-electron chi connectivity index (χ0n) is 13.5. The van der Waals surface area contributed by atoms with Gasteiger partial charge in [0, 0.05) is 51.5 Å². The molecule has 5 heteroatoms. The molecular formula is C17H23N3O2. The van der Waals surface area contributed by atoms with Gasteiger partial charge in [0.05, 0.1) is 19.4 Å². The first-order valence-electron chi connectivity index (χ1n) is 7.56. The molecule has 0 N–H and O–H groups in total. The molecule has 1 atom stereocenters. The molecule has 0 aliphatic carbocycles. The Morgan fingerprint density at radius 2 is 2.00 bits per heavy atom. The number of hydrogen-bond acceptors (Lipinski definition) is 4. The highest BCUT2D eigenvalue weighted by Crippen LogP contribution is 2.28. The van der Waals surface area contributed by atoms with Gasteiger partial charge < -0.3 is 9.47 Å². The summed E-state index contributed by atoms with van der Waals surface area (Å²) >= 11 is 0. The number of methoxy groups -OCH3 is 2. The van der Waals surface area contributed by atoms with Gasteiger partial charge in [0.25, 0.3) is 0 Å². The van der Waals surface area contributed by atoms with Crippen LogP contribution in [-0.4, -0.2) is 42.1 Å². The lowest BCUT2D eigenvalue weighted by molar-refractivity contribution is 0.135. The van der Waals surface area contributed by atoms with Crippen LogP contribution in [0.1, 0.15) is 22.7 Å². The van der Waals surface area contributed by atoms with Crippen molar-refractivity contribution in [3.05, 3.63) is 47.3 Å². The number of nitrogens with zero attached hydrogens (tertiary/aromatic N) is 3. The summed E-state index contributed by atoms with van der Waals surface area (Å²) in [6.45, 7) is 3.54. The maximum absolute atomic E-state index is 5.40. The first kappa shape index (κ1) is 15.1. The summed E-state index contributed by atoms with van der Waals surface area (Å²) in [5.74, 6) is 1.28. The van der Waals surface area contributed by atoms with Crippen LogP contribution >= 0.6 is 0 Å². The Kier molecular flexibility index (Phi) is 4.45. The molecule has 2 heterocycles. The zero-order chi connectivity index (χ0) is 15.5. The minimum absolute atomic E-state index is 0.390. The van der Waals surface area contributed by atoms with Crippen molar-refractivity contribution < 1.29 is 9.47 Å². The Morgan fingerprint density at radius 3 is 2.68 bits per heavy atom. The van der Waals surface area contributed by atoms with Gasteiger partial charge in [0.1, 0.15) is 5.75 Å². The van der Waals surface area contributed by atoms with Crippen molar-refractivity contribution in [1.82, 2.24) is 14.7 Å². The maximum Gasteiger partial charge on any atom is 0.118 e. The van der Waals surface area contributed by atoms with Crippen molar-refractivity contribution in [3.63, 3.8) is 0 Å². The lowest BCUT2D eigenvalue weighted by Gasteiger charge is -2.31. The van der Waals surface area contributed by atoms with Crippen molar-refractivity contribution in [3.8, 4) is 5.75 Å². The smallest absolute Gasteiger partial charge is 0.118 e. The number of aromatic nitrogens is 2. The number of aryl methyl sites for hydroxylation is 1. The Balaban J connectivity index is 1.74. The summed E-state index contributed by atoms with van der Waals surface area (Å²) in [5.41, 5.74) is 3.79.